The Hall–Kier alpha value is -3.03. The number of nitrogens with zero attached hydrogens (tertiary/aromatic N) is 4. The standard InChI is InChI=1S/C24H27N5O2/c25-23-18-9-11-29(24(18)28-14-27-23)20-13-17(21(30)22(20)31)5-2-1-4-15-7-8-16-6-3-10-26-19(16)12-15/h3,6-12,14,17,20-22,30-31H,1-2,4-5,13H2,(H2,25,27,28)/t17-,20+,21+,22-/m0/s1. The predicted molar refractivity (Wildman–Crippen MR) is 120 cm³/mol. The maximum Gasteiger partial charge on any atom is 0.145 e. The number of anilines is 1. The highest BCUT2D eigenvalue weighted by atomic mass is 16.3. The molecule has 160 valence electrons. The fourth-order valence-corrected chi connectivity index (χ4v) is 4.92. The van der Waals surface area contributed by atoms with Gasteiger partial charge < -0.3 is 20.5 Å². The minimum absolute atomic E-state index is 0.0647. The summed E-state index contributed by atoms with van der Waals surface area (Å²) in [6.07, 6.45) is 8.23. The van der Waals surface area contributed by atoms with Crippen LogP contribution in [0.1, 0.15) is 37.3 Å². The summed E-state index contributed by atoms with van der Waals surface area (Å²) in [5.41, 5.74) is 8.95. The fraction of sp³-hybridized carbons (Fsp3) is 0.375. The van der Waals surface area contributed by atoms with Gasteiger partial charge in [-0.1, -0.05) is 24.6 Å². The lowest BCUT2D eigenvalue weighted by Gasteiger charge is -2.19. The summed E-state index contributed by atoms with van der Waals surface area (Å²) in [5, 5.41) is 23.3. The van der Waals surface area contributed by atoms with E-state index in [9.17, 15) is 10.2 Å². The Bertz CT molecular complexity index is 1210. The first-order valence-electron chi connectivity index (χ1n) is 10.9. The van der Waals surface area contributed by atoms with Crippen molar-refractivity contribution in [3.8, 4) is 0 Å². The van der Waals surface area contributed by atoms with Crippen LogP contribution in [-0.4, -0.2) is 41.9 Å². The molecule has 7 nitrogen and oxygen atoms in total. The van der Waals surface area contributed by atoms with E-state index < -0.39 is 12.2 Å². The molecule has 0 unspecified atom stereocenters. The number of nitrogens with two attached hydrogens (primary N) is 1. The van der Waals surface area contributed by atoms with Gasteiger partial charge in [0, 0.05) is 17.8 Å². The van der Waals surface area contributed by atoms with Crippen molar-refractivity contribution >= 4 is 27.8 Å². The Kier molecular flexibility index (Phi) is 5.29. The lowest BCUT2D eigenvalue weighted by molar-refractivity contribution is 0.00502. The Balaban J connectivity index is 1.20. The van der Waals surface area contributed by atoms with Gasteiger partial charge in [0.05, 0.1) is 23.0 Å². The van der Waals surface area contributed by atoms with E-state index in [1.165, 1.54) is 11.9 Å². The minimum atomic E-state index is -0.816. The van der Waals surface area contributed by atoms with E-state index in [1.807, 2.05) is 29.1 Å². The molecule has 31 heavy (non-hydrogen) atoms. The summed E-state index contributed by atoms with van der Waals surface area (Å²) >= 11 is 0. The third kappa shape index (κ3) is 3.75. The number of aromatic nitrogens is 4. The van der Waals surface area contributed by atoms with E-state index in [1.54, 1.807) is 0 Å². The number of benzene rings is 1. The van der Waals surface area contributed by atoms with Crippen LogP contribution in [0, 0.1) is 5.92 Å². The quantitative estimate of drug-likeness (QED) is 0.415. The predicted octanol–water partition coefficient (Wildman–Crippen LogP) is 3.26. The third-order valence-corrected chi connectivity index (χ3v) is 6.63. The average molecular weight is 418 g/mol. The Morgan fingerprint density at radius 3 is 2.84 bits per heavy atom. The molecular formula is C24H27N5O2. The first-order valence-corrected chi connectivity index (χ1v) is 10.9. The van der Waals surface area contributed by atoms with Crippen LogP contribution in [0.5, 0.6) is 0 Å². The molecule has 5 rings (SSSR count). The van der Waals surface area contributed by atoms with Gasteiger partial charge in [-0.25, -0.2) is 9.97 Å². The van der Waals surface area contributed by atoms with Gasteiger partial charge in [0.1, 0.15) is 23.9 Å². The van der Waals surface area contributed by atoms with Gasteiger partial charge in [-0.15, -0.1) is 0 Å². The molecule has 0 saturated heterocycles. The summed E-state index contributed by atoms with van der Waals surface area (Å²) in [7, 11) is 0. The van der Waals surface area contributed by atoms with Crippen molar-refractivity contribution in [1.29, 1.82) is 0 Å². The molecule has 0 aliphatic heterocycles. The molecule has 3 heterocycles. The van der Waals surface area contributed by atoms with Gasteiger partial charge in [0.15, 0.2) is 0 Å². The average Bonchev–Trinajstić information content (AvgIpc) is 3.34. The summed E-state index contributed by atoms with van der Waals surface area (Å²) in [6, 6.07) is 12.1. The zero-order chi connectivity index (χ0) is 21.4. The van der Waals surface area contributed by atoms with Crippen LogP contribution in [0.3, 0.4) is 0 Å². The molecular weight excluding hydrogens is 390 g/mol. The summed E-state index contributed by atoms with van der Waals surface area (Å²) in [6.45, 7) is 0. The first kappa shape index (κ1) is 19.9. The monoisotopic (exact) mass is 417 g/mol. The fourth-order valence-electron chi connectivity index (χ4n) is 4.92. The van der Waals surface area contributed by atoms with Crippen molar-refractivity contribution in [3.63, 3.8) is 0 Å². The van der Waals surface area contributed by atoms with E-state index in [-0.39, 0.29) is 12.0 Å². The smallest absolute Gasteiger partial charge is 0.145 e. The van der Waals surface area contributed by atoms with Crippen molar-refractivity contribution < 1.29 is 10.2 Å². The Morgan fingerprint density at radius 1 is 1.03 bits per heavy atom. The zero-order valence-electron chi connectivity index (χ0n) is 17.3. The number of aliphatic hydroxyl groups excluding tert-OH is 2. The van der Waals surface area contributed by atoms with Crippen molar-refractivity contribution in [2.75, 3.05) is 5.73 Å². The first-order chi connectivity index (χ1) is 15.1. The molecule has 1 fully saturated rings. The molecule has 0 radical (unpaired) electrons. The molecule has 0 bridgehead atoms. The summed E-state index contributed by atoms with van der Waals surface area (Å²) in [5.74, 6) is 0.493. The molecule has 1 aromatic carbocycles. The second-order valence-corrected chi connectivity index (χ2v) is 8.54. The SMILES string of the molecule is Nc1ncnc2c1ccn2[C@@H]1C[C@H](CCCCc2ccc3cccnc3c2)[C@@H](O)[C@H]1O. The number of unbranched alkanes of at least 4 members (excludes halogenated alkanes) is 1. The normalized spacial score (nSPS) is 23.7. The Labute approximate surface area is 180 Å². The van der Waals surface area contributed by atoms with Crippen molar-refractivity contribution in [1.82, 2.24) is 19.5 Å². The topological polar surface area (TPSA) is 110 Å². The highest BCUT2D eigenvalue weighted by molar-refractivity contribution is 5.86. The maximum atomic E-state index is 10.7. The summed E-state index contributed by atoms with van der Waals surface area (Å²) < 4.78 is 1.93. The number of hydrogen-bond donors (Lipinski definition) is 3. The number of aryl methyl sites for hydroxylation is 1. The zero-order valence-corrected chi connectivity index (χ0v) is 17.3. The Morgan fingerprint density at radius 2 is 1.94 bits per heavy atom. The van der Waals surface area contributed by atoms with Gasteiger partial charge >= 0.3 is 0 Å². The van der Waals surface area contributed by atoms with Crippen LogP contribution >= 0.6 is 0 Å². The van der Waals surface area contributed by atoms with Crippen LogP contribution in [0.4, 0.5) is 5.82 Å². The number of hydrogen-bond acceptors (Lipinski definition) is 6. The van der Waals surface area contributed by atoms with Gasteiger partial charge in [-0.2, -0.15) is 0 Å². The largest absolute Gasteiger partial charge is 0.390 e. The highest BCUT2D eigenvalue weighted by Gasteiger charge is 2.42. The molecule has 1 aliphatic carbocycles. The highest BCUT2D eigenvalue weighted by Crippen LogP contribution is 2.39. The number of fused-ring (bicyclic) bond motifs is 2. The van der Waals surface area contributed by atoms with Crippen molar-refractivity contribution in [3.05, 3.63) is 60.7 Å². The maximum absolute atomic E-state index is 10.7. The molecule has 1 saturated carbocycles. The number of aliphatic hydroxyl groups is 2. The van der Waals surface area contributed by atoms with Crippen LogP contribution in [0.2, 0.25) is 0 Å². The summed E-state index contributed by atoms with van der Waals surface area (Å²) in [4.78, 5) is 12.8. The molecule has 4 atom stereocenters. The van der Waals surface area contributed by atoms with Crippen LogP contribution in [0.25, 0.3) is 21.9 Å². The van der Waals surface area contributed by atoms with E-state index >= 15 is 0 Å². The number of pyridine rings is 1. The molecule has 4 aromatic rings. The van der Waals surface area contributed by atoms with E-state index in [2.05, 4.69) is 39.2 Å². The van der Waals surface area contributed by atoms with Crippen LogP contribution < -0.4 is 5.73 Å². The molecule has 7 heteroatoms. The van der Waals surface area contributed by atoms with Gasteiger partial charge in [0.25, 0.3) is 0 Å². The molecule has 0 spiro atoms. The molecule has 1 aliphatic rings. The lowest BCUT2D eigenvalue weighted by atomic mass is 9.96. The van der Waals surface area contributed by atoms with Crippen LogP contribution in [0.15, 0.2) is 55.1 Å². The molecule has 0 amide bonds. The van der Waals surface area contributed by atoms with Crippen molar-refractivity contribution in [2.45, 2.75) is 50.4 Å². The van der Waals surface area contributed by atoms with Crippen molar-refractivity contribution in [2.24, 2.45) is 5.92 Å². The molecule has 4 N–H and O–H groups in total. The number of nitrogen functional groups attached to an aromatic ring is 1. The van der Waals surface area contributed by atoms with Crippen LogP contribution in [-0.2, 0) is 6.42 Å². The van der Waals surface area contributed by atoms with Gasteiger partial charge in [-0.05, 0) is 55.4 Å². The van der Waals surface area contributed by atoms with E-state index in [0.29, 0.717) is 11.5 Å². The molecule has 3 aromatic heterocycles. The number of rotatable bonds is 6. The van der Waals surface area contributed by atoms with Gasteiger partial charge in [0.2, 0.25) is 0 Å². The second kappa shape index (κ2) is 8.24. The second-order valence-electron chi connectivity index (χ2n) is 8.54. The van der Waals surface area contributed by atoms with Gasteiger partial charge in [-0.3, -0.25) is 4.98 Å². The van der Waals surface area contributed by atoms with E-state index in [4.69, 9.17) is 5.73 Å². The van der Waals surface area contributed by atoms with E-state index in [0.717, 1.165) is 48.4 Å². The third-order valence-electron chi connectivity index (χ3n) is 6.63. The minimum Gasteiger partial charge on any atom is -0.390 e. The lowest BCUT2D eigenvalue weighted by Crippen LogP contribution is -2.29.